The van der Waals surface area contributed by atoms with Crippen LogP contribution < -0.4 is 14.8 Å². The van der Waals surface area contributed by atoms with Crippen LogP contribution in [0.3, 0.4) is 0 Å². The molecule has 0 unspecified atom stereocenters. The van der Waals surface area contributed by atoms with Gasteiger partial charge < -0.3 is 14.8 Å². The van der Waals surface area contributed by atoms with Gasteiger partial charge in [-0.05, 0) is 24.5 Å². The summed E-state index contributed by atoms with van der Waals surface area (Å²) in [6, 6.07) is 4.21. The van der Waals surface area contributed by atoms with Crippen molar-refractivity contribution in [3.8, 4) is 11.5 Å². The van der Waals surface area contributed by atoms with Gasteiger partial charge in [-0.3, -0.25) is 14.9 Å². The number of benzene rings is 1. The number of amides is 1. The third kappa shape index (κ3) is 5.68. The molecule has 0 aliphatic carbocycles. The highest BCUT2D eigenvalue weighted by Gasteiger charge is 2.17. The molecule has 0 atom stereocenters. The molecule has 1 N–H and O–H groups in total. The van der Waals surface area contributed by atoms with Crippen LogP contribution in [0.1, 0.15) is 20.3 Å². The molecule has 0 fully saturated rings. The zero-order valence-corrected chi connectivity index (χ0v) is 12.4. The third-order valence-electron chi connectivity index (χ3n) is 2.77. The average molecular weight is 296 g/mol. The van der Waals surface area contributed by atoms with E-state index in [1.54, 1.807) is 6.07 Å². The van der Waals surface area contributed by atoms with Crippen molar-refractivity contribution in [3.05, 3.63) is 28.3 Å². The van der Waals surface area contributed by atoms with E-state index in [1.165, 1.54) is 19.2 Å². The largest absolute Gasteiger partial charge is 0.496 e. The van der Waals surface area contributed by atoms with Gasteiger partial charge in [-0.15, -0.1) is 0 Å². The van der Waals surface area contributed by atoms with Crippen LogP contribution >= 0.6 is 0 Å². The van der Waals surface area contributed by atoms with E-state index < -0.39 is 4.92 Å². The second-order valence-electron chi connectivity index (χ2n) is 4.91. The van der Waals surface area contributed by atoms with Crippen molar-refractivity contribution in [3.63, 3.8) is 0 Å². The van der Waals surface area contributed by atoms with Gasteiger partial charge in [-0.1, -0.05) is 13.8 Å². The van der Waals surface area contributed by atoms with Crippen LogP contribution in [0.2, 0.25) is 0 Å². The number of nitrogens with zero attached hydrogens (tertiary/aromatic N) is 1. The Morgan fingerprint density at radius 3 is 2.71 bits per heavy atom. The maximum absolute atomic E-state index is 11.6. The Labute approximate surface area is 123 Å². The van der Waals surface area contributed by atoms with Crippen molar-refractivity contribution in [1.82, 2.24) is 5.32 Å². The molecule has 0 spiro atoms. The molecular weight excluding hydrogens is 276 g/mol. The summed E-state index contributed by atoms with van der Waals surface area (Å²) >= 11 is 0. The van der Waals surface area contributed by atoms with Crippen molar-refractivity contribution in [2.24, 2.45) is 5.92 Å². The number of nitro benzene ring substituents is 1. The van der Waals surface area contributed by atoms with Gasteiger partial charge in [0, 0.05) is 6.54 Å². The molecule has 7 heteroatoms. The molecule has 1 amide bonds. The van der Waals surface area contributed by atoms with E-state index in [0.717, 1.165) is 6.42 Å². The van der Waals surface area contributed by atoms with E-state index in [9.17, 15) is 14.9 Å². The summed E-state index contributed by atoms with van der Waals surface area (Å²) in [5, 5.41) is 13.6. The topological polar surface area (TPSA) is 90.7 Å². The van der Waals surface area contributed by atoms with Gasteiger partial charge in [-0.25, -0.2) is 0 Å². The molecule has 1 rings (SSSR count). The van der Waals surface area contributed by atoms with Crippen LogP contribution in [-0.2, 0) is 4.79 Å². The average Bonchev–Trinajstić information content (AvgIpc) is 2.44. The van der Waals surface area contributed by atoms with E-state index >= 15 is 0 Å². The van der Waals surface area contributed by atoms with Crippen molar-refractivity contribution < 1.29 is 19.2 Å². The molecule has 0 saturated heterocycles. The highest BCUT2D eigenvalue weighted by Crippen LogP contribution is 2.30. The molecule has 0 aliphatic rings. The first-order valence-electron chi connectivity index (χ1n) is 6.66. The van der Waals surface area contributed by atoms with Crippen LogP contribution in [0.5, 0.6) is 11.5 Å². The molecule has 116 valence electrons. The number of hydrogen-bond donors (Lipinski definition) is 1. The van der Waals surface area contributed by atoms with Crippen molar-refractivity contribution in [2.75, 3.05) is 20.3 Å². The second kappa shape index (κ2) is 8.08. The highest BCUT2D eigenvalue weighted by molar-refractivity contribution is 5.77. The SMILES string of the molecule is COc1ccc(OCC(=O)NCCC(C)C)c([N+](=O)[O-])c1. The lowest BCUT2D eigenvalue weighted by atomic mass is 10.1. The molecule has 0 radical (unpaired) electrons. The van der Waals surface area contributed by atoms with Gasteiger partial charge in [0.2, 0.25) is 0 Å². The summed E-state index contributed by atoms with van der Waals surface area (Å²) < 4.78 is 10.1. The zero-order valence-electron chi connectivity index (χ0n) is 12.4. The Morgan fingerprint density at radius 1 is 1.43 bits per heavy atom. The fourth-order valence-corrected chi connectivity index (χ4v) is 1.58. The summed E-state index contributed by atoms with van der Waals surface area (Å²) in [5.41, 5.74) is -0.232. The molecule has 0 heterocycles. The first kappa shape index (κ1) is 16.7. The van der Waals surface area contributed by atoms with E-state index in [1.807, 2.05) is 0 Å². The Morgan fingerprint density at radius 2 is 2.14 bits per heavy atom. The van der Waals surface area contributed by atoms with Gasteiger partial charge in [-0.2, -0.15) is 0 Å². The monoisotopic (exact) mass is 296 g/mol. The van der Waals surface area contributed by atoms with Gasteiger partial charge in [0.05, 0.1) is 18.1 Å². The number of rotatable bonds is 8. The quantitative estimate of drug-likeness (QED) is 0.586. The molecule has 21 heavy (non-hydrogen) atoms. The predicted octanol–water partition coefficient (Wildman–Crippen LogP) is 2.14. The summed E-state index contributed by atoms with van der Waals surface area (Å²) in [6.07, 6.45) is 0.869. The lowest BCUT2D eigenvalue weighted by Gasteiger charge is -2.09. The Balaban J connectivity index is 2.58. The number of nitro groups is 1. The van der Waals surface area contributed by atoms with E-state index in [2.05, 4.69) is 19.2 Å². The molecule has 0 aliphatic heterocycles. The van der Waals surface area contributed by atoms with Crippen molar-refractivity contribution in [1.29, 1.82) is 0 Å². The normalized spacial score (nSPS) is 10.3. The summed E-state index contributed by atoms with van der Waals surface area (Å²) in [5.74, 6) is 0.588. The van der Waals surface area contributed by atoms with Gasteiger partial charge >= 0.3 is 5.69 Å². The molecular formula is C14H20N2O5. The first-order chi connectivity index (χ1) is 9.93. The van der Waals surface area contributed by atoms with E-state index in [0.29, 0.717) is 18.2 Å². The minimum absolute atomic E-state index is 0.0415. The summed E-state index contributed by atoms with van der Waals surface area (Å²) in [6.45, 7) is 4.42. The highest BCUT2D eigenvalue weighted by atomic mass is 16.6. The third-order valence-corrected chi connectivity index (χ3v) is 2.77. The Hall–Kier alpha value is -2.31. The number of hydrogen-bond acceptors (Lipinski definition) is 5. The van der Waals surface area contributed by atoms with Crippen LogP contribution in [0, 0.1) is 16.0 Å². The smallest absolute Gasteiger partial charge is 0.314 e. The molecule has 0 saturated carbocycles. The molecule has 0 aromatic heterocycles. The maximum Gasteiger partial charge on any atom is 0.314 e. The second-order valence-corrected chi connectivity index (χ2v) is 4.91. The minimum Gasteiger partial charge on any atom is -0.496 e. The van der Waals surface area contributed by atoms with Gasteiger partial charge in [0.15, 0.2) is 12.4 Å². The van der Waals surface area contributed by atoms with E-state index in [-0.39, 0.29) is 24.0 Å². The standard InChI is InChI=1S/C14H20N2O5/c1-10(2)6-7-15-14(17)9-21-13-5-4-11(20-3)8-12(13)16(18)19/h4-5,8,10H,6-7,9H2,1-3H3,(H,15,17). The fourth-order valence-electron chi connectivity index (χ4n) is 1.58. The van der Waals surface area contributed by atoms with Crippen LogP contribution in [0.25, 0.3) is 0 Å². The Bertz CT molecular complexity index is 502. The van der Waals surface area contributed by atoms with Crippen LogP contribution in [0.4, 0.5) is 5.69 Å². The fraction of sp³-hybridized carbons (Fsp3) is 0.500. The van der Waals surface area contributed by atoms with E-state index in [4.69, 9.17) is 9.47 Å². The van der Waals surface area contributed by atoms with Gasteiger partial charge in [0.25, 0.3) is 5.91 Å². The number of nitrogens with one attached hydrogen (secondary N) is 1. The predicted molar refractivity (Wildman–Crippen MR) is 77.6 cm³/mol. The summed E-state index contributed by atoms with van der Waals surface area (Å²) in [4.78, 5) is 21.9. The number of carbonyl (C=O) groups is 1. The lowest BCUT2D eigenvalue weighted by Crippen LogP contribution is -2.30. The van der Waals surface area contributed by atoms with Crippen LogP contribution in [0.15, 0.2) is 18.2 Å². The minimum atomic E-state index is -0.575. The van der Waals surface area contributed by atoms with Crippen molar-refractivity contribution in [2.45, 2.75) is 20.3 Å². The Kier molecular flexibility index (Phi) is 6.45. The molecule has 0 bridgehead atoms. The van der Waals surface area contributed by atoms with Crippen molar-refractivity contribution >= 4 is 11.6 Å². The molecule has 7 nitrogen and oxygen atoms in total. The maximum atomic E-state index is 11.6. The van der Waals surface area contributed by atoms with Gasteiger partial charge in [0.1, 0.15) is 5.75 Å². The number of carbonyl (C=O) groups excluding carboxylic acids is 1. The first-order valence-corrected chi connectivity index (χ1v) is 6.66. The molecule has 1 aromatic carbocycles. The number of methoxy groups -OCH3 is 1. The summed E-state index contributed by atoms with van der Waals surface area (Å²) in [7, 11) is 1.42. The molecule has 1 aromatic rings. The van der Waals surface area contributed by atoms with Crippen LogP contribution in [-0.4, -0.2) is 31.1 Å². The zero-order chi connectivity index (χ0) is 15.8. The number of ether oxygens (including phenoxy) is 2. The lowest BCUT2D eigenvalue weighted by molar-refractivity contribution is -0.385.